The van der Waals surface area contributed by atoms with Gasteiger partial charge in [0.05, 0.1) is 6.20 Å². The monoisotopic (exact) mass is 188 g/mol. The maximum atomic E-state index is 8.76. The van der Waals surface area contributed by atoms with Crippen LogP contribution in [0.4, 0.5) is 0 Å². The first-order valence-electron chi connectivity index (χ1n) is 4.59. The van der Waals surface area contributed by atoms with Gasteiger partial charge in [0.2, 0.25) is 0 Å². The summed E-state index contributed by atoms with van der Waals surface area (Å²) < 4.78 is 0. The third kappa shape index (κ3) is 1.83. The van der Waals surface area contributed by atoms with Gasteiger partial charge in [0, 0.05) is 18.4 Å². The van der Waals surface area contributed by atoms with E-state index in [-0.39, 0.29) is 6.61 Å². The number of hydrogen-bond acceptors (Lipinski definition) is 2. The molecule has 2 N–H and O–H groups in total. The van der Waals surface area contributed by atoms with E-state index in [1.165, 1.54) is 0 Å². The minimum absolute atomic E-state index is 0.199. The summed E-state index contributed by atoms with van der Waals surface area (Å²) in [6, 6.07) is 8.13. The Kier molecular flexibility index (Phi) is 2.60. The van der Waals surface area contributed by atoms with E-state index in [0.29, 0.717) is 6.42 Å². The fourth-order valence-electron chi connectivity index (χ4n) is 1.40. The number of nitrogens with one attached hydrogen (secondary N) is 1. The highest BCUT2D eigenvalue weighted by atomic mass is 16.2. The van der Waals surface area contributed by atoms with Crippen molar-refractivity contribution in [1.82, 2.24) is 10.2 Å². The van der Waals surface area contributed by atoms with Gasteiger partial charge in [0.25, 0.3) is 0 Å². The Morgan fingerprint density at radius 2 is 1.93 bits per heavy atom. The molecule has 3 heteroatoms. The van der Waals surface area contributed by atoms with Crippen molar-refractivity contribution in [2.75, 3.05) is 6.61 Å². The molecule has 3 nitrogen and oxygen atoms in total. The fourth-order valence-corrected chi connectivity index (χ4v) is 1.40. The van der Waals surface area contributed by atoms with Crippen LogP contribution in [-0.4, -0.2) is 21.9 Å². The summed E-state index contributed by atoms with van der Waals surface area (Å²) >= 11 is 0. The molecule has 1 heterocycles. The molecule has 2 aromatic rings. The quantitative estimate of drug-likeness (QED) is 0.768. The molecule has 1 aromatic carbocycles. The van der Waals surface area contributed by atoms with Crippen LogP contribution < -0.4 is 0 Å². The second kappa shape index (κ2) is 4.07. The van der Waals surface area contributed by atoms with Gasteiger partial charge in [0.15, 0.2) is 0 Å². The number of nitrogens with zero attached hydrogens (tertiary/aromatic N) is 1. The molecule has 14 heavy (non-hydrogen) atoms. The number of rotatable bonds is 3. The number of H-pyrrole nitrogens is 1. The molecule has 0 aliphatic rings. The van der Waals surface area contributed by atoms with E-state index >= 15 is 0 Å². The summed E-state index contributed by atoms with van der Waals surface area (Å²) in [7, 11) is 0. The van der Waals surface area contributed by atoms with Gasteiger partial charge in [-0.1, -0.05) is 24.3 Å². The first-order chi connectivity index (χ1) is 6.90. The van der Waals surface area contributed by atoms with Crippen molar-refractivity contribution >= 4 is 0 Å². The molecule has 0 spiro atoms. The Morgan fingerprint density at radius 3 is 2.50 bits per heavy atom. The van der Waals surface area contributed by atoms with Crippen LogP contribution in [0.5, 0.6) is 0 Å². The lowest BCUT2D eigenvalue weighted by Crippen LogP contribution is -1.89. The van der Waals surface area contributed by atoms with Crippen LogP contribution in [0.2, 0.25) is 0 Å². The molecule has 0 amide bonds. The van der Waals surface area contributed by atoms with Crippen molar-refractivity contribution in [2.24, 2.45) is 0 Å². The molecule has 0 unspecified atom stereocenters. The predicted molar refractivity (Wildman–Crippen MR) is 54.8 cm³/mol. The van der Waals surface area contributed by atoms with Gasteiger partial charge in [-0.2, -0.15) is 5.10 Å². The van der Waals surface area contributed by atoms with Crippen molar-refractivity contribution in [1.29, 1.82) is 0 Å². The number of aromatic amines is 1. The molecule has 72 valence electrons. The van der Waals surface area contributed by atoms with Crippen LogP contribution in [0.3, 0.4) is 0 Å². The zero-order chi connectivity index (χ0) is 9.80. The summed E-state index contributed by atoms with van der Waals surface area (Å²) in [5, 5.41) is 15.4. The molecule has 0 saturated carbocycles. The highest BCUT2D eigenvalue weighted by Gasteiger charge is 1.98. The average molecular weight is 188 g/mol. The van der Waals surface area contributed by atoms with E-state index in [2.05, 4.69) is 10.2 Å². The minimum Gasteiger partial charge on any atom is -0.396 e. The third-order valence-corrected chi connectivity index (χ3v) is 2.19. The van der Waals surface area contributed by atoms with Crippen LogP contribution in [0, 0.1) is 0 Å². The maximum Gasteiger partial charge on any atom is 0.0565 e. The molecular formula is C11H12N2O. The van der Waals surface area contributed by atoms with E-state index in [0.717, 1.165) is 16.7 Å². The minimum atomic E-state index is 0.199. The summed E-state index contributed by atoms with van der Waals surface area (Å²) in [6.07, 6.45) is 4.37. The largest absolute Gasteiger partial charge is 0.396 e. The molecule has 0 aliphatic heterocycles. The van der Waals surface area contributed by atoms with E-state index in [4.69, 9.17) is 5.11 Å². The summed E-state index contributed by atoms with van der Waals surface area (Å²) in [4.78, 5) is 0. The van der Waals surface area contributed by atoms with Gasteiger partial charge < -0.3 is 5.11 Å². The van der Waals surface area contributed by atoms with E-state index in [1.54, 1.807) is 6.20 Å². The number of benzene rings is 1. The Labute approximate surface area is 82.4 Å². The van der Waals surface area contributed by atoms with Gasteiger partial charge >= 0.3 is 0 Å². The van der Waals surface area contributed by atoms with Crippen molar-refractivity contribution < 1.29 is 5.11 Å². The smallest absolute Gasteiger partial charge is 0.0565 e. The SMILES string of the molecule is OCCc1ccc(-c2cn[nH]c2)cc1. The number of aliphatic hydroxyl groups is 1. The first-order valence-corrected chi connectivity index (χ1v) is 4.59. The second-order valence-corrected chi connectivity index (χ2v) is 3.16. The molecule has 0 aliphatic carbocycles. The lowest BCUT2D eigenvalue weighted by atomic mass is 10.1. The van der Waals surface area contributed by atoms with Crippen LogP contribution in [0.15, 0.2) is 36.7 Å². The van der Waals surface area contributed by atoms with Crippen molar-refractivity contribution in [3.63, 3.8) is 0 Å². The van der Waals surface area contributed by atoms with Crippen molar-refractivity contribution in [3.8, 4) is 11.1 Å². The highest BCUT2D eigenvalue weighted by molar-refractivity contribution is 5.61. The Balaban J connectivity index is 2.22. The van der Waals surface area contributed by atoms with Crippen molar-refractivity contribution in [2.45, 2.75) is 6.42 Å². The molecule has 2 rings (SSSR count). The number of hydrogen-bond donors (Lipinski definition) is 2. The number of aliphatic hydroxyl groups excluding tert-OH is 1. The topological polar surface area (TPSA) is 48.9 Å². The molecular weight excluding hydrogens is 176 g/mol. The first kappa shape index (κ1) is 8.97. The number of aromatic nitrogens is 2. The molecule has 0 saturated heterocycles. The van der Waals surface area contributed by atoms with Gasteiger partial charge in [0.1, 0.15) is 0 Å². The Morgan fingerprint density at radius 1 is 1.14 bits per heavy atom. The summed E-state index contributed by atoms with van der Waals surface area (Å²) in [5.74, 6) is 0. The molecule has 0 radical (unpaired) electrons. The van der Waals surface area contributed by atoms with Crippen molar-refractivity contribution in [3.05, 3.63) is 42.2 Å². The Bertz CT molecular complexity index is 378. The lowest BCUT2D eigenvalue weighted by molar-refractivity contribution is 0.299. The van der Waals surface area contributed by atoms with Crippen LogP contribution in [0.25, 0.3) is 11.1 Å². The van der Waals surface area contributed by atoms with E-state index < -0.39 is 0 Å². The van der Waals surface area contributed by atoms with E-state index in [9.17, 15) is 0 Å². The zero-order valence-corrected chi connectivity index (χ0v) is 7.77. The van der Waals surface area contributed by atoms with Gasteiger partial charge in [-0.25, -0.2) is 0 Å². The lowest BCUT2D eigenvalue weighted by Gasteiger charge is -2.00. The average Bonchev–Trinajstić information content (AvgIpc) is 2.72. The van der Waals surface area contributed by atoms with Gasteiger partial charge in [-0.3, -0.25) is 5.10 Å². The molecule has 0 bridgehead atoms. The Hall–Kier alpha value is -1.61. The highest BCUT2D eigenvalue weighted by Crippen LogP contribution is 2.17. The standard InChI is InChI=1S/C11H12N2O/c14-6-5-9-1-3-10(4-2-9)11-7-12-13-8-11/h1-4,7-8,14H,5-6H2,(H,12,13). The zero-order valence-electron chi connectivity index (χ0n) is 7.77. The fraction of sp³-hybridized carbons (Fsp3) is 0.182. The summed E-state index contributed by atoms with van der Waals surface area (Å²) in [6.45, 7) is 0.199. The van der Waals surface area contributed by atoms with Crippen LogP contribution in [-0.2, 0) is 6.42 Å². The normalized spacial score (nSPS) is 10.4. The molecule has 0 atom stereocenters. The summed E-state index contributed by atoms with van der Waals surface area (Å²) in [5.41, 5.74) is 3.38. The maximum absolute atomic E-state index is 8.76. The molecule has 1 aromatic heterocycles. The van der Waals surface area contributed by atoms with Crippen LogP contribution >= 0.6 is 0 Å². The predicted octanol–water partition coefficient (Wildman–Crippen LogP) is 1.61. The second-order valence-electron chi connectivity index (χ2n) is 3.16. The molecule has 0 fully saturated rings. The third-order valence-electron chi connectivity index (χ3n) is 2.19. The van der Waals surface area contributed by atoms with Crippen LogP contribution in [0.1, 0.15) is 5.56 Å². The van der Waals surface area contributed by atoms with Gasteiger partial charge in [-0.05, 0) is 17.5 Å². The van der Waals surface area contributed by atoms with E-state index in [1.807, 2.05) is 30.5 Å². The van der Waals surface area contributed by atoms with Gasteiger partial charge in [-0.15, -0.1) is 0 Å².